The number of thiazole rings is 1. The summed E-state index contributed by atoms with van der Waals surface area (Å²) in [4.78, 5) is 16.5. The smallest absolute Gasteiger partial charge is 0.265 e. The molecular formula is C19H15N3O2S. The van der Waals surface area contributed by atoms with Gasteiger partial charge in [0.15, 0.2) is 6.10 Å². The molecule has 124 valence electrons. The van der Waals surface area contributed by atoms with E-state index >= 15 is 0 Å². The molecular weight excluding hydrogens is 334 g/mol. The fourth-order valence-electron chi connectivity index (χ4n) is 2.17. The third-order valence-electron chi connectivity index (χ3n) is 3.50. The van der Waals surface area contributed by atoms with E-state index in [0.29, 0.717) is 17.0 Å². The maximum Gasteiger partial charge on any atom is 0.265 e. The highest BCUT2D eigenvalue weighted by Crippen LogP contribution is 2.23. The van der Waals surface area contributed by atoms with Gasteiger partial charge in [-0.2, -0.15) is 5.26 Å². The number of aromatic nitrogens is 1. The van der Waals surface area contributed by atoms with Crippen LogP contribution in [0, 0.1) is 11.3 Å². The summed E-state index contributed by atoms with van der Waals surface area (Å²) in [6, 6.07) is 16.2. The maximum atomic E-state index is 12.3. The summed E-state index contributed by atoms with van der Waals surface area (Å²) in [6.45, 7) is 1.68. The van der Waals surface area contributed by atoms with E-state index in [1.165, 1.54) is 0 Å². The Hall–Kier alpha value is -3.17. The summed E-state index contributed by atoms with van der Waals surface area (Å²) in [5.41, 5.74) is 2.25. The molecule has 0 unspecified atom stereocenters. The van der Waals surface area contributed by atoms with Crippen molar-refractivity contribution in [3.05, 3.63) is 65.7 Å². The predicted octanol–water partition coefficient (Wildman–Crippen LogP) is 4.09. The lowest BCUT2D eigenvalue weighted by Crippen LogP contribution is -2.30. The van der Waals surface area contributed by atoms with Gasteiger partial charge in [-0.1, -0.05) is 0 Å². The molecule has 6 heteroatoms. The lowest BCUT2D eigenvalue weighted by molar-refractivity contribution is -0.122. The van der Waals surface area contributed by atoms with Crippen molar-refractivity contribution in [2.45, 2.75) is 13.0 Å². The first-order valence-electron chi connectivity index (χ1n) is 7.63. The van der Waals surface area contributed by atoms with Gasteiger partial charge in [-0.3, -0.25) is 4.79 Å². The second-order valence-electron chi connectivity index (χ2n) is 5.30. The Balaban J connectivity index is 1.60. The molecule has 0 aliphatic carbocycles. The molecule has 0 saturated carbocycles. The fraction of sp³-hybridized carbons (Fsp3) is 0.105. The van der Waals surface area contributed by atoms with Gasteiger partial charge in [-0.15, -0.1) is 11.3 Å². The number of anilines is 1. The number of carbonyl (C=O) groups excluding carboxylic acids is 1. The van der Waals surface area contributed by atoms with E-state index in [4.69, 9.17) is 10.00 Å². The Morgan fingerprint density at radius 2 is 1.92 bits per heavy atom. The van der Waals surface area contributed by atoms with Gasteiger partial charge < -0.3 is 10.1 Å². The molecule has 1 amide bonds. The van der Waals surface area contributed by atoms with E-state index in [9.17, 15) is 4.79 Å². The number of benzene rings is 2. The van der Waals surface area contributed by atoms with Gasteiger partial charge in [0.05, 0.1) is 11.6 Å². The Morgan fingerprint density at radius 1 is 1.20 bits per heavy atom. The SMILES string of the molecule is C[C@@H](Oc1ccc(C#N)cc1)C(=O)Nc1ccc(-c2nccs2)cc1. The highest BCUT2D eigenvalue weighted by atomic mass is 32.1. The van der Waals surface area contributed by atoms with E-state index in [1.807, 2.05) is 35.7 Å². The summed E-state index contributed by atoms with van der Waals surface area (Å²) < 4.78 is 5.60. The standard InChI is InChI=1S/C19H15N3O2S/c1-13(24-17-8-2-14(12-20)3-9-17)18(23)22-16-6-4-15(5-7-16)19-21-10-11-25-19/h2-11,13H,1H3,(H,22,23)/t13-/m1/s1. The number of ether oxygens (including phenoxy) is 1. The number of nitriles is 1. The van der Waals surface area contributed by atoms with Crippen molar-refractivity contribution in [1.29, 1.82) is 5.26 Å². The van der Waals surface area contributed by atoms with Crippen molar-refractivity contribution >= 4 is 22.9 Å². The van der Waals surface area contributed by atoms with Gasteiger partial charge >= 0.3 is 0 Å². The van der Waals surface area contributed by atoms with Gasteiger partial charge in [0.25, 0.3) is 5.91 Å². The molecule has 25 heavy (non-hydrogen) atoms. The van der Waals surface area contributed by atoms with Crippen LogP contribution in [0.4, 0.5) is 5.69 Å². The topological polar surface area (TPSA) is 75.0 Å². The van der Waals surface area contributed by atoms with Crippen LogP contribution in [0.25, 0.3) is 10.6 Å². The monoisotopic (exact) mass is 349 g/mol. The van der Waals surface area contributed by atoms with Crippen molar-refractivity contribution < 1.29 is 9.53 Å². The number of carbonyl (C=O) groups is 1. The minimum atomic E-state index is -0.661. The van der Waals surface area contributed by atoms with Gasteiger partial charge in [0, 0.05) is 22.8 Å². The maximum absolute atomic E-state index is 12.3. The first-order valence-corrected chi connectivity index (χ1v) is 8.51. The third-order valence-corrected chi connectivity index (χ3v) is 4.32. The average Bonchev–Trinajstić information content (AvgIpc) is 3.17. The molecule has 1 atom stereocenters. The summed E-state index contributed by atoms with van der Waals surface area (Å²) in [7, 11) is 0. The molecule has 0 fully saturated rings. The lowest BCUT2D eigenvalue weighted by atomic mass is 10.2. The van der Waals surface area contributed by atoms with Crippen LogP contribution >= 0.6 is 11.3 Å². The average molecular weight is 349 g/mol. The zero-order valence-electron chi connectivity index (χ0n) is 13.5. The summed E-state index contributed by atoms with van der Waals surface area (Å²) in [5.74, 6) is 0.298. The summed E-state index contributed by atoms with van der Waals surface area (Å²) >= 11 is 1.57. The minimum Gasteiger partial charge on any atom is -0.481 e. The van der Waals surface area contributed by atoms with Gasteiger partial charge in [0.2, 0.25) is 0 Å². The summed E-state index contributed by atoms with van der Waals surface area (Å²) in [6.07, 6.45) is 1.10. The Kier molecular flexibility index (Phi) is 5.07. The number of nitrogens with one attached hydrogen (secondary N) is 1. The zero-order valence-corrected chi connectivity index (χ0v) is 14.3. The van der Waals surface area contributed by atoms with Crippen molar-refractivity contribution in [1.82, 2.24) is 4.98 Å². The van der Waals surface area contributed by atoms with Crippen LogP contribution in [-0.2, 0) is 4.79 Å². The van der Waals surface area contributed by atoms with Gasteiger partial charge in [0.1, 0.15) is 10.8 Å². The van der Waals surface area contributed by atoms with E-state index in [0.717, 1.165) is 10.6 Å². The minimum absolute atomic E-state index is 0.244. The largest absolute Gasteiger partial charge is 0.481 e. The Morgan fingerprint density at radius 3 is 2.52 bits per heavy atom. The van der Waals surface area contributed by atoms with Crippen molar-refractivity contribution in [2.75, 3.05) is 5.32 Å². The molecule has 0 aliphatic heterocycles. The Bertz CT molecular complexity index is 882. The zero-order chi connectivity index (χ0) is 17.6. The molecule has 0 saturated heterocycles. The molecule has 3 rings (SSSR count). The highest BCUT2D eigenvalue weighted by molar-refractivity contribution is 7.13. The summed E-state index contributed by atoms with van der Waals surface area (Å²) in [5, 5.41) is 14.5. The molecule has 0 aliphatic rings. The number of hydrogen-bond donors (Lipinski definition) is 1. The van der Waals surface area contributed by atoms with Gasteiger partial charge in [-0.25, -0.2) is 4.98 Å². The third kappa shape index (κ3) is 4.22. The molecule has 0 bridgehead atoms. The second-order valence-corrected chi connectivity index (χ2v) is 6.19. The first-order chi connectivity index (χ1) is 12.2. The van der Waals surface area contributed by atoms with Crippen molar-refractivity contribution in [3.8, 4) is 22.4 Å². The fourth-order valence-corrected chi connectivity index (χ4v) is 2.82. The molecule has 0 radical (unpaired) electrons. The highest BCUT2D eigenvalue weighted by Gasteiger charge is 2.15. The number of nitrogens with zero attached hydrogens (tertiary/aromatic N) is 2. The Labute approximate surface area is 149 Å². The van der Waals surface area contributed by atoms with E-state index in [1.54, 1.807) is 48.7 Å². The number of amides is 1. The molecule has 2 aromatic carbocycles. The normalized spacial score (nSPS) is 11.4. The molecule has 1 aromatic heterocycles. The molecule has 3 aromatic rings. The van der Waals surface area contributed by atoms with Crippen LogP contribution in [0.5, 0.6) is 5.75 Å². The van der Waals surface area contributed by atoms with E-state index in [2.05, 4.69) is 10.3 Å². The molecule has 0 spiro atoms. The van der Waals surface area contributed by atoms with Crippen LogP contribution in [-0.4, -0.2) is 17.0 Å². The van der Waals surface area contributed by atoms with Crippen LogP contribution in [0.15, 0.2) is 60.1 Å². The molecule has 5 nitrogen and oxygen atoms in total. The van der Waals surface area contributed by atoms with Gasteiger partial charge in [-0.05, 0) is 55.5 Å². The van der Waals surface area contributed by atoms with E-state index < -0.39 is 6.10 Å². The van der Waals surface area contributed by atoms with Crippen LogP contribution in [0.2, 0.25) is 0 Å². The predicted molar refractivity (Wildman–Crippen MR) is 97.4 cm³/mol. The van der Waals surface area contributed by atoms with Crippen molar-refractivity contribution in [3.63, 3.8) is 0 Å². The molecule has 1 heterocycles. The quantitative estimate of drug-likeness (QED) is 0.753. The van der Waals surface area contributed by atoms with Crippen LogP contribution in [0.1, 0.15) is 12.5 Å². The molecule has 1 N–H and O–H groups in total. The van der Waals surface area contributed by atoms with E-state index in [-0.39, 0.29) is 5.91 Å². The van der Waals surface area contributed by atoms with Crippen LogP contribution in [0.3, 0.4) is 0 Å². The van der Waals surface area contributed by atoms with Crippen molar-refractivity contribution in [2.24, 2.45) is 0 Å². The second kappa shape index (κ2) is 7.60. The number of rotatable bonds is 5. The lowest BCUT2D eigenvalue weighted by Gasteiger charge is -2.15. The first kappa shape index (κ1) is 16.7. The van der Waals surface area contributed by atoms with Crippen LogP contribution < -0.4 is 10.1 Å². The number of hydrogen-bond acceptors (Lipinski definition) is 5.